The van der Waals surface area contributed by atoms with Gasteiger partial charge in [0.05, 0.1) is 12.0 Å². The van der Waals surface area contributed by atoms with Crippen molar-refractivity contribution in [1.82, 2.24) is 10.6 Å². The van der Waals surface area contributed by atoms with Crippen molar-refractivity contribution in [2.24, 2.45) is 10.7 Å². The Bertz CT molecular complexity index is 1400. The lowest BCUT2D eigenvalue weighted by molar-refractivity contribution is -0.120. The van der Waals surface area contributed by atoms with E-state index in [0.29, 0.717) is 18.2 Å². The van der Waals surface area contributed by atoms with Crippen molar-refractivity contribution < 1.29 is 9.53 Å². The first-order valence-electron chi connectivity index (χ1n) is 13.7. The van der Waals surface area contributed by atoms with Crippen molar-refractivity contribution in [2.75, 3.05) is 6.54 Å². The zero-order valence-corrected chi connectivity index (χ0v) is 24.4. The van der Waals surface area contributed by atoms with Crippen LogP contribution in [0.3, 0.4) is 0 Å². The van der Waals surface area contributed by atoms with Crippen molar-refractivity contribution in [3.8, 4) is 11.5 Å². The minimum atomic E-state index is -0.517. The summed E-state index contributed by atoms with van der Waals surface area (Å²) in [7, 11) is 0. The number of primary amides is 1. The van der Waals surface area contributed by atoms with Gasteiger partial charge in [-0.05, 0) is 55.5 Å². The third-order valence-corrected chi connectivity index (χ3v) is 9.01. The molecule has 2 aliphatic rings. The van der Waals surface area contributed by atoms with Gasteiger partial charge >= 0.3 is 0 Å². The number of ether oxygens (including phenoxy) is 1. The number of hydrogen-bond acceptors (Lipinski definition) is 5. The van der Waals surface area contributed by atoms with Crippen molar-refractivity contribution in [2.45, 2.75) is 56.4 Å². The Morgan fingerprint density at radius 3 is 2.45 bits per heavy atom. The summed E-state index contributed by atoms with van der Waals surface area (Å²) in [6.45, 7) is 9.21. The molecule has 0 saturated carbocycles. The number of amidine groups is 1. The van der Waals surface area contributed by atoms with Crippen LogP contribution in [0.1, 0.15) is 60.4 Å². The average molecular weight is 575 g/mol. The molecule has 0 spiro atoms. The minimum Gasteiger partial charge on any atom is -0.457 e. The van der Waals surface area contributed by atoms with Crippen LogP contribution in [0.25, 0.3) is 0 Å². The molecule has 5 rings (SSSR count). The zero-order valence-electron chi connectivity index (χ0n) is 22.8. The second kappa shape index (κ2) is 12.4. The number of thioether (sulfide) groups is 1. The van der Waals surface area contributed by atoms with Crippen LogP contribution in [-0.4, -0.2) is 28.9 Å². The molecule has 2 aliphatic heterocycles. The number of nitrogens with two attached hydrogens (primary N) is 1. The average Bonchev–Trinajstić information content (AvgIpc) is 3.32. The molecule has 0 radical (unpaired) electrons. The lowest BCUT2D eigenvalue weighted by Gasteiger charge is -2.31. The van der Waals surface area contributed by atoms with Crippen LogP contribution in [0.4, 0.5) is 0 Å². The van der Waals surface area contributed by atoms with Gasteiger partial charge in [0.15, 0.2) is 5.17 Å². The lowest BCUT2D eigenvalue weighted by atomic mass is 9.85. The van der Waals surface area contributed by atoms with Crippen LogP contribution >= 0.6 is 23.4 Å². The van der Waals surface area contributed by atoms with Gasteiger partial charge in [-0.25, -0.2) is 0 Å². The molecule has 1 saturated heterocycles. The maximum atomic E-state index is 12.4. The summed E-state index contributed by atoms with van der Waals surface area (Å²) in [6.07, 6.45) is 2.26. The summed E-state index contributed by atoms with van der Waals surface area (Å²) in [5.74, 6) is 1.06. The van der Waals surface area contributed by atoms with E-state index in [-0.39, 0.29) is 17.9 Å². The highest BCUT2D eigenvalue weighted by atomic mass is 35.5. The Balaban J connectivity index is 1.16. The van der Waals surface area contributed by atoms with Crippen LogP contribution in [0.5, 0.6) is 11.5 Å². The van der Waals surface area contributed by atoms with Crippen molar-refractivity contribution in [1.29, 1.82) is 0 Å². The number of amides is 1. The molecule has 0 bridgehead atoms. The van der Waals surface area contributed by atoms with Crippen LogP contribution in [0.2, 0.25) is 5.02 Å². The maximum absolute atomic E-state index is 12.4. The van der Waals surface area contributed by atoms with Gasteiger partial charge in [0.2, 0.25) is 5.91 Å². The molecule has 208 valence electrons. The first kappa shape index (κ1) is 28.1. The van der Waals surface area contributed by atoms with Crippen molar-refractivity contribution >= 4 is 34.4 Å². The molecule has 3 atom stereocenters. The molecule has 3 aromatic rings. The molecule has 3 aromatic carbocycles. The molecule has 4 N–H and O–H groups in total. The number of halogens is 1. The highest BCUT2D eigenvalue weighted by Gasteiger charge is 2.31. The third kappa shape index (κ3) is 6.16. The highest BCUT2D eigenvalue weighted by Crippen LogP contribution is 2.46. The SMILES string of the molecule is C=C(NC(CCCCN=C1NC(c2ccc(C)c(Cl)c2)C(C)S1)C(N)=O)C1c2ccccc2Oc2ccccc21. The quantitative estimate of drug-likeness (QED) is 0.231. The summed E-state index contributed by atoms with van der Waals surface area (Å²) in [4.78, 5) is 17.2. The number of rotatable bonds is 10. The summed E-state index contributed by atoms with van der Waals surface area (Å²) < 4.78 is 6.11. The molecule has 2 heterocycles. The first-order chi connectivity index (χ1) is 19.3. The Labute approximate surface area is 245 Å². The number of benzene rings is 3. The molecule has 40 heavy (non-hydrogen) atoms. The van der Waals surface area contributed by atoms with E-state index in [4.69, 9.17) is 27.1 Å². The van der Waals surface area contributed by atoms with Gasteiger partial charge in [0.25, 0.3) is 0 Å². The maximum Gasteiger partial charge on any atom is 0.239 e. The Morgan fingerprint density at radius 2 is 1.80 bits per heavy atom. The smallest absolute Gasteiger partial charge is 0.239 e. The summed E-state index contributed by atoms with van der Waals surface area (Å²) in [5, 5.41) is 8.98. The number of hydrogen-bond donors (Lipinski definition) is 3. The van der Waals surface area contributed by atoms with Crippen molar-refractivity contribution in [3.63, 3.8) is 0 Å². The van der Waals surface area contributed by atoms with E-state index in [1.807, 2.05) is 61.5 Å². The van der Waals surface area contributed by atoms with Gasteiger partial charge in [-0.1, -0.05) is 85.4 Å². The number of unbranched alkanes of at least 4 members (excludes halogenated alkanes) is 1. The predicted octanol–water partition coefficient (Wildman–Crippen LogP) is 6.84. The fourth-order valence-corrected chi connectivity index (χ4v) is 6.55. The standard InChI is InChI=1S/C32H35ClN4O2S/c1-19-15-16-22(18-25(19)33)30-21(3)40-32(37-30)35-17-9-8-12-26(31(34)38)36-20(2)29-23-10-4-6-13-27(23)39-28-14-7-5-11-24(28)29/h4-7,10-11,13-16,18,21,26,29-30,36H,2,8-9,12,17H2,1,3H3,(H2,34,38)(H,35,37). The second-order valence-electron chi connectivity index (χ2n) is 10.4. The minimum absolute atomic E-state index is 0.141. The number of allylic oxidation sites excluding steroid dienone is 1. The molecule has 6 nitrogen and oxygen atoms in total. The normalized spacial score (nSPS) is 19.7. The number of nitrogens with one attached hydrogen (secondary N) is 2. The van der Waals surface area contributed by atoms with E-state index in [1.165, 1.54) is 5.56 Å². The van der Waals surface area contributed by atoms with Gasteiger partial charge < -0.3 is 21.1 Å². The molecule has 8 heteroatoms. The van der Waals surface area contributed by atoms with Crippen molar-refractivity contribution in [3.05, 3.63) is 106 Å². The van der Waals surface area contributed by atoms with Gasteiger partial charge in [0, 0.05) is 33.6 Å². The molecular formula is C32H35ClN4O2S. The largest absolute Gasteiger partial charge is 0.457 e. The van der Waals surface area contributed by atoms with Crippen LogP contribution in [0, 0.1) is 6.92 Å². The topological polar surface area (TPSA) is 88.7 Å². The van der Waals surface area contributed by atoms with Crippen LogP contribution in [0.15, 0.2) is 84.0 Å². The predicted molar refractivity (Wildman–Crippen MR) is 165 cm³/mol. The number of carbonyl (C=O) groups excluding carboxylic acids is 1. The Hall–Kier alpha value is -3.42. The Morgan fingerprint density at radius 1 is 1.12 bits per heavy atom. The van der Waals surface area contributed by atoms with Gasteiger partial charge in [-0.15, -0.1) is 0 Å². The van der Waals surface area contributed by atoms with E-state index in [9.17, 15) is 4.79 Å². The molecule has 1 amide bonds. The fraction of sp³-hybridized carbons (Fsp3) is 0.312. The van der Waals surface area contributed by atoms with Crippen LogP contribution < -0.4 is 21.1 Å². The zero-order chi connectivity index (χ0) is 28.2. The number of aliphatic imine (C=N–C) groups is 1. The fourth-order valence-electron chi connectivity index (χ4n) is 5.29. The number of carbonyl (C=O) groups is 1. The van der Waals surface area contributed by atoms with Gasteiger partial charge in [0.1, 0.15) is 17.5 Å². The van der Waals surface area contributed by atoms with Crippen LogP contribution in [-0.2, 0) is 4.79 Å². The van der Waals surface area contributed by atoms with E-state index < -0.39 is 6.04 Å². The molecule has 0 aromatic heterocycles. The summed E-state index contributed by atoms with van der Waals surface area (Å²) in [6, 6.07) is 21.7. The van der Waals surface area contributed by atoms with E-state index in [1.54, 1.807) is 11.8 Å². The summed E-state index contributed by atoms with van der Waals surface area (Å²) in [5.41, 5.74) is 10.8. The first-order valence-corrected chi connectivity index (χ1v) is 14.9. The molecule has 0 aliphatic carbocycles. The highest BCUT2D eigenvalue weighted by molar-refractivity contribution is 8.14. The monoisotopic (exact) mass is 574 g/mol. The number of fused-ring (bicyclic) bond motifs is 2. The third-order valence-electron chi connectivity index (χ3n) is 7.49. The lowest BCUT2D eigenvalue weighted by Crippen LogP contribution is -2.42. The number of nitrogens with zero attached hydrogens (tertiary/aromatic N) is 1. The summed E-state index contributed by atoms with van der Waals surface area (Å²) >= 11 is 8.10. The molecule has 1 fully saturated rings. The Kier molecular flexibility index (Phi) is 8.72. The molecular weight excluding hydrogens is 540 g/mol. The van der Waals surface area contributed by atoms with E-state index in [0.717, 1.165) is 56.9 Å². The van der Waals surface area contributed by atoms with Gasteiger partial charge in [-0.3, -0.25) is 9.79 Å². The van der Waals surface area contributed by atoms with E-state index >= 15 is 0 Å². The second-order valence-corrected chi connectivity index (χ2v) is 12.1. The van der Waals surface area contributed by atoms with E-state index in [2.05, 4.69) is 36.3 Å². The van der Waals surface area contributed by atoms with Gasteiger partial charge in [-0.2, -0.15) is 0 Å². The molecule has 3 unspecified atom stereocenters. The number of para-hydroxylation sites is 2. The number of aryl methyl sites for hydroxylation is 1.